The van der Waals surface area contributed by atoms with Crippen molar-refractivity contribution in [3.8, 4) is 0 Å². The Morgan fingerprint density at radius 1 is 1.13 bits per heavy atom. The minimum atomic E-state index is -0.500. The molecule has 3 aromatic rings. The Morgan fingerprint density at radius 2 is 1.90 bits per heavy atom. The van der Waals surface area contributed by atoms with Gasteiger partial charge in [-0.1, -0.05) is 24.3 Å². The standard InChI is InChI=1S/C22H21N5O3/c1-13-5-4-6-17(11-13)26-20(28)18-14(2)25-22-23-12-24-27(22)19(18)15-7-9-16(10-8-15)21(29)30-3/h4-12,19H,1-3H3,(H,26,28)(H,23,24,25). The first-order chi connectivity index (χ1) is 14.5. The monoisotopic (exact) mass is 403 g/mol. The highest BCUT2D eigenvalue weighted by molar-refractivity contribution is 6.06. The zero-order chi connectivity index (χ0) is 21.3. The molecule has 1 aliphatic rings. The van der Waals surface area contributed by atoms with Crippen molar-refractivity contribution in [1.82, 2.24) is 14.8 Å². The highest BCUT2D eigenvalue weighted by Gasteiger charge is 2.33. The molecule has 0 saturated heterocycles. The van der Waals surface area contributed by atoms with Gasteiger partial charge in [-0.25, -0.2) is 9.48 Å². The van der Waals surface area contributed by atoms with Gasteiger partial charge >= 0.3 is 5.97 Å². The predicted molar refractivity (Wildman–Crippen MR) is 112 cm³/mol. The Balaban J connectivity index is 1.73. The number of anilines is 2. The summed E-state index contributed by atoms with van der Waals surface area (Å²) < 4.78 is 6.43. The van der Waals surface area contributed by atoms with E-state index < -0.39 is 12.0 Å². The molecular formula is C22H21N5O3. The lowest BCUT2D eigenvalue weighted by Crippen LogP contribution is -2.31. The van der Waals surface area contributed by atoms with E-state index >= 15 is 0 Å². The van der Waals surface area contributed by atoms with Gasteiger partial charge in [0.1, 0.15) is 12.4 Å². The first kappa shape index (κ1) is 19.4. The van der Waals surface area contributed by atoms with Gasteiger partial charge < -0.3 is 15.4 Å². The number of hydrogen-bond donors (Lipinski definition) is 2. The number of esters is 1. The quantitative estimate of drug-likeness (QED) is 0.649. The van der Waals surface area contributed by atoms with E-state index in [1.807, 2.05) is 38.1 Å². The molecule has 152 valence electrons. The third-order valence-corrected chi connectivity index (χ3v) is 4.96. The number of aromatic nitrogens is 3. The van der Waals surface area contributed by atoms with Crippen LogP contribution in [0.5, 0.6) is 0 Å². The number of fused-ring (bicyclic) bond motifs is 1. The van der Waals surface area contributed by atoms with Gasteiger partial charge in [-0.2, -0.15) is 10.1 Å². The van der Waals surface area contributed by atoms with E-state index in [-0.39, 0.29) is 5.91 Å². The topological polar surface area (TPSA) is 98.1 Å². The number of methoxy groups -OCH3 is 1. The molecule has 30 heavy (non-hydrogen) atoms. The van der Waals surface area contributed by atoms with E-state index in [0.717, 1.165) is 11.1 Å². The fraction of sp³-hybridized carbons (Fsp3) is 0.182. The van der Waals surface area contributed by atoms with Gasteiger partial charge in [0, 0.05) is 11.4 Å². The summed E-state index contributed by atoms with van der Waals surface area (Å²) in [4.78, 5) is 29.3. The lowest BCUT2D eigenvalue weighted by molar-refractivity contribution is -0.113. The van der Waals surface area contributed by atoms with Crippen LogP contribution in [0.3, 0.4) is 0 Å². The third kappa shape index (κ3) is 3.55. The van der Waals surface area contributed by atoms with Gasteiger partial charge in [-0.3, -0.25) is 4.79 Å². The van der Waals surface area contributed by atoms with Gasteiger partial charge in [0.2, 0.25) is 5.95 Å². The smallest absolute Gasteiger partial charge is 0.337 e. The minimum Gasteiger partial charge on any atom is -0.465 e. The number of aryl methyl sites for hydroxylation is 1. The molecule has 1 aliphatic heterocycles. The van der Waals surface area contributed by atoms with Gasteiger partial charge in [-0.15, -0.1) is 0 Å². The van der Waals surface area contributed by atoms with Crippen LogP contribution in [0.4, 0.5) is 11.6 Å². The molecular weight excluding hydrogens is 382 g/mol. The molecule has 1 aromatic heterocycles. The van der Waals surface area contributed by atoms with E-state index in [4.69, 9.17) is 4.74 Å². The molecule has 0 fully saturated rings. The Hall–Kier alpha value is -3.94. The van der Waals surface area contributed by atoms with Crippen LogP contribution in [0.25, 0.3) is 0 Å². The number of nitrogens with zero attached hydrogens (tertiary/aromatic N) is 3. The number of rotatable bonds is 4. The molecule has 0 bridgehead atoms. The zero-order valence-corrected chi connectivity index (χ0v) is 16.8. The number of carbonyl (C=O) groups excluding carboxylic acids is 2. The van der Waals surface area contributed by atoms with Crippen molar-refractivity contribution in [3.05, 3.63) is 82.8 Å². The number of hydrogen-bond acceptors (Lipinski definition) is 6. The van der Waals surface area contributed by atoms with E-state index in [0.29, 0.717) is 28.5 Å². The highest BCUT2D eigenvalue weighted by Crippen LogP contribution is 2.35. The number of ether oxygens (including phenoxy) is 1. The lowest BCUT2D eigenvalue weighted by atomic mass is 9.94. The molecule has 8 nitrogen and oxygen atoms in total. The van der Waals surface area contributed by atoms with Crippen molar-refractivity contribution in [2.75, 3.05) is 17.7 Å². The van der Waals surface area contributed by atoms with Crippen LogP contribution in [0.1, 0.15) is 34.5 Å². The lowest BCUT2D eigenvalue weighted by Gasteiger charge is -2.28. The number of carbonyl (C=O) groups is 2. The van der Waals surface area contributed by atoms with Crippen molar-refractivity contribution in [3.63, 3.8) is 0 Å². The van der Waals surface area contributed by atoms with Crippen LogP contribution >= 0.6 is 0 Å². The molecule has 0 aliphatic carbocycles. The average Bonchev–Trinajstić information content (AvgIpc) is 3.20. The molecule has 1 amide bonds. The Kier molecular flexibility index (Phi) is 5.05. The molecule has 2 heterocycles. The van der Waals surface area contributed by atoms with Crippen LogP contribution in [0.15, 0.2) is 66.1 Å². The Morgan fingerprint density at radius 3 is 2.60 bits per heavy atom. The van der Waals surface area contributed by atoms with E-state index in [1.165, 1.54) is 13.4 Å². The highest BCUT2D eigenvalue weighted by atomic mass is 16.5. The van der Waals surface area contributed by atoms with Gasteiger partial charge in [-0.05, 0) is 49.2 Å². The van der Waals surface area contributed by atoms with Gasteiger partial charge in [0.15, 0.2) is 0 Å². The molecule has 0 radical (unpaired) electrons. The number of allylic oxidation sites excluding steroid dienone is 1. The van der Waals surface area contributed by atoms with Crippen molar-refractivity contribution in [1.29, 1.82) is 0 Å². The summed E-state index contributed by atoms with van der Waals surface area (Å²) in [7, 11) is 1.34. The summed E-state index contributed by atoms with van der Waals surface area (Å²) in [6.07, 6.45) is 1.44. The Labute approximate surface area is 173 Å². The molecule has 2 aromatic carbocycles. The fourth-order valence-electron chi connectivity index (χ4n) is 3.53. The largest absolute Gasteiger partial charge is 0.465 e. The molecule has 2 N–H and O–H groups in total. The molecule has 0 spiro atoms. The summed E-state index contributed by atoms with van der Waals surface area (Å²) in [6.45, 7) is 3.80. The summed E-state index contributed by atoms with van der Waals surface area (Å²) >= 11 is 0. The predicted octanol–water partition coefficient (Wildman–Crippen LogP) is 3.30. The molecule has 8 heteroatoms. The van der Waals surface area contributed by atoms with Crippen LogP contribution in [-0.2, 0) is 9.53 Å². The maximum Gasteiger partial charge on any atom is 0.337 e. The van der Waals surface area contributed by atoms with Gasteiger partial charge in [0.25, 0.3) is 5.91 Å². The second kappa shape index (κ2) is 7.82. The van der Waals surface area contributed by atoms with Crippen LogP contribution in [0.2, 0.25) is 0 Å². The number of benzene rings is 2. The molecule has 0 saturated carbocycles. The summed E-state index contributed by atoms with van der Waals surface area (Å²) in [5, 5.41) is 10.4. The van der Waals surface area contributed by atoms with Crippen molar-refractivity contribution in [2.24, 2.45) is 0 Å². The van der Waals surface area contributed by atoms with E-state index in [2.05, 4.69) is 20.7 Å². The summed E-state index contributed by atoms with van der Waals surface area (Å²) in [5.74, 6) is -0.118. The van der Waals surface area contributed by atoms with Crippen LogP contribution < -0.4 is 10.6 Å². The normalized spacial score (nSPS) is 15.2. The Bertz CT molecular complexity index is 1150. The van der Waals surface area contributed by atoms with E-state index in [1.54, 1.807) is 28.9 Å². The SMILES string of the molecule is COC(=O)c1ccc(C2C(C(=O)Nc3cccc(C)c3)=C(C)Nc3ncnn32)cc1. The maximum absolute atomic E-state index is 13.3. The minimum absolute atomic E-state index is 0.242. The molecule has 1 atom stereocenters. The first-order valence-electron chi connectivity index (χ1n) is 9.41. The number of amides is 1. The second-order valence-electron chi connectivity index (χ2n) is 7.03. The van der Waals surface area contributed by atoms with Crippen molar-refractivity contribution in [2.45, 2.75) is 19.9 Å². The third-order valence-electron chi connectivity index (χ3n) is 4.96. The fourth-order valence-corrected chi connectivity index (χ4v) is 3.53. The zero-order valence-electron chi connectivity index (χ0n) is 16.8. The van der Waals surface area contributed by atoms with E-state index in [9.17, 15) is 9.59 Å². The maximum atomic E-state index is 13.3. The van der Waals surface area contributed by atoms with Crippen molar-refractivity contribution >= 4 is 23.5 Å². The number of nitrogens with one attached hydrogen (secondary N) is 2. The van der Waals surface area contributed by atoms with Crippen molar-refractivity contribution < 1.29 is 14.3 Å². The molecule has 4 rings (SSSR count). The van der Waals surface area contributed by atoms with Gasteiger partial charge in [0.05, 0.1) is 18.2 Å². The molecule has 1 unspecified atom stereocenters. The van der Waals surface area contributed by atoms with Crippen LogP contribution in [-0.4, -0.2) is 33.8 Å². The summed E-state index contributed by atoms with van der Waals surface area (Å²) in [5.41, 5.74) is 4.19. The summed E-state index contributed by atoms with van der Waals surface area (Å²) in [6, 6.07) is 14.0. The average molecular weight is 403 g/mol. The van der Waals surface area contributed by atoms with Crippen LogP contribution in [0, 0.1) is 6.92 Å². The second-order valence-corrected chi connectivity index (χ2v) is 7.03. The first-order valence-corrected chi connectivity index (χ1v) is 9.41.